The normalized spacial score (nSPS) is 16.2. The lowest BCUT2D eigenvalue weighted by molar-refractivity contribution is -0.121. The lowest BCUT2D eigenvalue weighted by atomic mass is 10.1. The second-order valence-electron chi connectivity index (χ2n) is 7.58. The van der Waals surface area contributed by atoms with Crippen LogP contribution in [0.2, 0.25) is 0 Å². The Kier molecular flexibility index (Phi) is 5.94. The van der Waals surface area contributed by atoms with Crippen molar-refractivity contribution in [2.45, 2.75) is 45.6 Å². The molecule has 1 amide bonds. The Morgan fingerprint density at radius 3 is 2.97 bits per heavy atom. The number of amides is 1. The van der Waals surface area contributed by atoms with E-state index in [2.05, 4.69) is 20.4 Å². The Labute approximate surface area is 175 Å². The zero-order valence-corrected chi connectivity index (χ0v) is 17.6. The van der Waals surface area contributed by atoms with Crippen molar-refractivity contribution >= 4 is 11.7 Å². The molecule has 2 aromatic heterocycles. The molecule has 158 valence electrons. The van der Waals surface area contributed by atoms with E-state index in [1.165, 1.54) is 0 Å². The summed E-state index contributed by atoms with van der Waals surface area (Å²) >= 11 is 0. The van der Waals surface area contributed by atoms with E-state index in [-0.39, 0.29) is 12.0 Å². The number of hydrogen-bond donors (Lipinski definition) is 1. The van der Waals surface area contributed by atoms with Gasteiger partial charge in [0.25, 0.3) is 5.78 Å². The molecule has 1 aliphatic heterocycles. The van der Waals surface area contributed by atoms with Crippen molar-refractivity contribution in [2.75, 3.05) is 20.3 Å². The summed E-state index contributed by atoms with van der Waals surface area (Å²) in [4.78, 5) is 21.5. The Bertz CT molecular complexity index is 1060. The molecule has 8 nitrogen and oxygen atoms in total. The summed E-state index contributed by atoms with van der Waals surface area (Å²) in [6.45, 7) is 5.32. The summed E-state index contributed by atoms with van der Waals surface area (Å²) in [6, 6.07) is 7.63. The van der Waals surface area contributed by atoms with E-state index in [0.717, 1.165) is 47.7 Å². The van der Waals surface area contributed by atoms with Gasteiger partial charge in [-0.25, -0.2) is 9.50 Å². The molecule has 0 unspecified atom stereocenters. The first kappa shape index (κ1) is 20.3. The lowest BCUT2D eigenvalue weighted by Gasteiger charge is -2.12. The standard InChI is InChI=1S/C22H27N5O3/c1-14-19(9-10-20(28)23-13-18-8-5-11-30-18)15(2)27-22(24-14)25-21(26-27)16-6-4-7-17(12-16)29-3/h4,6-7,12,18H,5,8-11,13H2,1-3H3,(H,23,28)/t18-/m0/s1. The van der Waals surface area contributed by atoms with Gasteiger partial charge in [0.2, 0.25) is 5.91 Å². The highest BCUT2D eigenvalue weighted by molar-refractivity contribution is 5.76. The zero-order chi connectivity index (χ0) is 21.1. The molecular formula is C22H27N5O3. The summed E-state index contributed by atoms with van der Waals surface area (Å²) in [6.07, 6.45) is 3.24. The Morgan fingerprint density at radius 1 is 1.33 bits per heavy atom. The van der Waals surface area contributed by atoms with Crippen LogP contribution >= 0.6 is 0 Å². The van der Waals surface area contributed by atoms with Crippen LogP contribution in [0.3, 0.4) is 0 Å². The number of nitrogens with zero attached hydrogens (tertiary/aromatic N) is 4. The molecule has 1 saturated heterocycles. The van der Waals surface area contributed by atoms with Crippen LogP contribution in [0.1, 0.15) is 36.2 Å². The minimum atomic E-state index is 0.0278. The van der Waals surface area contributed by atoms with Crippen LogP contribution in [-0.2, 0) is 16.0 Å². The van der Waals surface area contributed by atoms with E-state index in [9.17, 15) is 4.79 Å². The summed E-state index contributed by atoms with van der Waals surface area (Å²) in [7, 11) is 1.63. The van der Waals surface area contributed by atoms with Crippen molar-refractivity contribution in [1.29, 1.82) is 0 Å². The van der Waals surface area contributed by atoms with Gasteiger partial charge in [0, 0.05) is 36.5 Å². The average Bonchev–Trinajstić information content (AvgIpc) is 3.42. The van der Waals surface area contributed by atoms with Gasteiger partial charge in [0.15, 0.2) is 5.82 Å². The molecule has 8 heteroatoms. The maximum atomic E-state index is 12.3. The fourth-order valence-electron chi connectivity index (χ4n) is 3.81. The highest BCUT2D eigenvalue weighted by atomic mass is 16.5. The van der Waals surface area contributed by atoms with Gasteiger partial charge >= 0.3 is 0 Å². The van der Waals surface area contributed by atoms with Gasteiger partial charge in [-0.1, -0.05) is 12.1 Å². The van der Waals surface area contributed by atoms with Crippen molar-refractivity contribution in [2.24, 2.45) is 0 Å². The molecule has 0 radical (unpaired) electrons. The third-order valence-electron chi connectivity index (χ3n) is 5.53. The van der Waals surface area contributed by atoms with E-state index in [1.54, 1.807) is 11.6 Å². The molecule has 30 heavy (non-hydrogen) atoms. The Hall–Kier alpha value is -3.00. The molecule has 3 aromatic rings. The average molecular weight is 409 g/mol. The number of nitrogens with one attached hydrogen (secondary N) is 1. The van der Waals surface area contributed by atoms with Gasteiger partial charge in [-0.2, -0.15) is 4.98 Å². The van der Waals surface area contributed by atoms with Crippen LogP contribution in [0.25, 0.3) is 17.2 Å². The number of methoxy groups -OCH3 is 1. The third kappa shape index (κ3) is 4.28. The van der Waals surface area contributed by atoms with Gasteiger partial charge in [0.1, 0.15) is 5.75 Å². The predicted molar refractivity (Wildman–Crippen MR) is 113 cm³/mol. The fraction of sp³-hybridized carbons (Fsp3) is 0.455. The van der Waals surface area contributed by atoms with Gasteiger partial charge in [-0.15, -0.1) is 5.10 Å². The Morgan fingerprint density at radius 2 is 2.20 bits per heavy atom. The molecular weight excluding hydrogens is 382 g/mol. The van der Waals surface area contributed by atoms with E-state index in [0.29, 0.717) is 31.0 Å². The highest BCUT2D eigenvalue weighted by Gasteiger charge is 2.18. The van der Waals surface area contributed by atoms with Crippen molar-refractivity contribution in [1.82, 2.24) is 24.9 Å². The maximum Gasteiger partial charge on any atom is 0.253 e. The maximum absolute atomic E-state index is 12.3. The van der Waals surface area contributed by atoms with Crippen LogP contribution in [0, 0.1) is 13.8 Å². The minimum Gasteiger partial charge on any atom is -0.497 e. The van der Waals surface area contributed by atoms with Gasteiger partial charge in [-0.05, 0) is 50.8 Å². The number of carbonyl (C=O) groups is 1. The van der Waals surface area contributed by atoms with Crippen LogP contribution < -0.4 is 10.1 Å². The monoisotopic (exact) mass is 409 g/mol. The number of rotatable bonds is 7. The van der Waals surface area contributed by atoms with Crippen LogP contribution in [0.5, 0.6) is 5.75 Å². The summed E-state index contributed by atoms with van der Waals surface area (Å²) in [5.41, 5.74) is 3.71. The lowest BCUT2D eigenvalue weighted by Crippen LogP contribution is -2.32. The third-order valence-corrected chi connectivity index (χ3v) is 5.53. The number of carbonyl (C=O) groups excluding carboxylic acids is 1. The number of ether oxygens (including phenoxy) is 2. The molecule has 1 fully saturated rings. The molecule has 0 saturated carbocycles. The van der Waals surface area contributed by atoms with Crippen molar-refractivity contribution < 1.29 is 14.3 Å². The van der Waals surface area contributed by atoms with E-state index >= 15 is 0 Å². The SMILES string of the molecule is COc1cccc(-c2nc3nc(C)c(CCC(=O)NC[C@@H]4CCCO4)c(C)n3n2)c1. The molecule has 0 spiro atoms. The molecule has 1 N–H and O–H groups in total. The molecule has 3 heterocycles. The molecule has 1 atom stereocenters. The molecule has 4 rings (SSSR count). The largest absolute Gasteiger partial charge is 0.497 e. The number of aromatic nitrogens is 4. The van der Waals surface area contributed by atoms with Crippen LogP contribution in [0.4, 0.5) is 0 Å². The molecule has 1 aromatic carbocycles. The summed E-state index contributed by atoms with van der Waals surface area (Å²) < 4.78 is 12.6. The topological polar surface area (TPSA) is 90.6 Å². The number of fused-ring (bicyclic) bond motifs is 1. The molecule has 1 aliphatic rings. The first-order valence-corrected chi connectivity index (χ1v) is 10.3. The van der Waals surface area contributed by atoms with Crippen molar-refractivity contribution in [3.8, 4) is 17.1 Å². The summed E-state index contributed by atoms with van der Waals surface area (Å²) in [5.74, 6) is 1.92. The van der Waals surface area contributed by atoms with Crippen molar-refractivity contribution in [3.05, 3.63) is 41.2 Å². The van der Waals surface area contributed by atoms with Gasteiger partial charge in [-0.3, -0.25) is 4.79 Å². The number of benzene rings is 1. The smallest absolute Gasteiger partial charge is 0.253 e. The van der Waals surface area contributed by atoms with E-state index in [1.807, 2.05) is 38.1 Å². The second kappa shape index (κ2) is 8.79. The quantitative estimate of drug-likeness (QED) is 0.645. The second-order valence-corrected chi connectivity index (χ2v) is 7.58. The first-order valence-electron chi connectivity index (χ1n) is 10.3. The van der Waals surface area contributed by atoms with Crippen LogP contribution in [-0.4, -0.2) is 51.9 Å². The first-order chi connectivity index (χ1) is 14.5. The van der Waals surface area contributed by atoms with Gasteiger partial charge in [0.05, 0.1) is 13.2 Å². The fourth-order valence-corrected chi connectivity index (χ4v) is 3.81. The summed E-state index contributed by atoms with van der Waals surface area (Å²) in [5, 5.41) is 7.62. The zero-order valence-electron chi connectivity index (χ0n) is 17.6. The number of hydrogen-bond acceptors (Lipinski definition) is 6. The minimum absolute atomic E-state index is 0.0278. The molecule has 0 bridgehead atoms. The predicted octanol–water partition coefficient (Wildman–Crippen LogP) is 2.64. The van der Waals surface area contributed by atoms with E-state index < -0.39 is 0 Å². The van der Waals surface area contributed by atoms with E-state index in [4.69, 9.17) is 9.47 Å². The Balaban J connectivity index is 1.50. The number of aryl methyl sites for hydroxylation is 2. The van der Waals surface area contributed by atoms with Crippen molar-refractivity contribution in [3.63, 3.8) is 0 Å². The van der Waals surface area contributed by atoms with Gasteiger partial charge < -0.3 is 14.8 Å². The highest BCUT2D eigenvalue weighted by Crippen LogP contribution is 2.23. The van der Waals surface area contributed by atoms with Crippen LogP contribution in [0.15, 0.2) is 24.3 Å². The molecule has 0 aliphatic carbocycles.